The number of nitrogens with zero attached hydrogens (tertiary/aromatic N) is 3. The maximum absolute atomic E-state index is 9.43. The first-order chi connectivity index (χ1) is 12.2. The third-order valence-corrected chi connectivity index (χ3v) is 4.92. The summed E-state index contributed by atoms with van der Waals surface area (Å²) in [5.41, 5.74) is 4.42. The normalized spacial score (nSPS) is 16.9. The molecule has 0 saturated carbocycles. The lowest BCUT2D eigenvalue weighted by Crippen LogP contribution is -2.46. The summed E-state index contributed by atoms with van der Waals surface area (Å²) in [6, 6.07) is 19.0. The minimum atomic E-state index is 0.702. The first kappa shape index (κ1) is 17.6. The van der Waals surface area contributed by atoms with Gasteiger partial charge in [0.05, 0.1) is 0 Å². The molecule has 25 heavy (non-hydrogen) atoms. The highest BCUT2D eigenvalue weighted by Crippen LogP contribution is 2.11. The minimum absolute atomic E-state index is 0.702. The molecule has 2 aromatic rings. The quantitative estimate of drug-likeness (QED) is 0.500. The van der Waals surface area contributed by atoms with E-state index in [-0.39, 0.29) is 0 Å². The van der Waals surface area contributed by atoms with Gasteiger partial charge < -0.3 is 10.1 Å². The molecule has 1 heterocycles. The highest BCUT2D eigenvalue weighted by atomic mass is 16.4. The van der Waals surface area contributed by atoms with Gasteiger partial charge in [-0.15, -0.1) is 0 Å². The molecule has 0 bridgehead atoms. The lowest BCUT2D eigenvalue weighted by Gasteiger charge is -2.32. The molecule has 1 aliphatic heterocycles. The number of hydrogen-bond donors (Lipinski definition) is 1. The van der Waals surface area contributed by atoms with Crippen LogP contribution in [0.5, 0.6) is 0 Å². The Morgan fingerprint density at radius 1 is 0.880 bits per heavy atom. The van der Waals surface area contributed by atoms with Gasteiger partial charge in [-0.05, 0) is 31.0 Å². The van der Waals surface area contributed by atoms with Gasteiger partial charge in [-0.3, -0.25) is 4.90 Å². The fraction of sp³-hybridized carbons (Fsp3) is 0.381. The Balaban J connectivity index is 1.56. The second-order valence-electron chi connectivity index (χ2n) is 6.81. The van der Waals surface area contributed by atoms with Crippen LogP contribution >= 0.6 is 0 Å². The number of rotatable bonds is 6. The van der Waals surface area contributed by atoms with Crippen molar-refractivity contribution in [2.24, 2.45) is 5.16 Å². The second-order valence-corrected chi connectivity index (χ2v) is 6.81. The Hall–Kier alpha value is -2.17. The minimum Gasteiger partial charge on any atom is -0.411 e. The van der Waals surface area contributed by atoms with Crippen LogP contribution in [-0.4, -0.2) is 60.5 Å². The van der Waals surface area contributed by atoms with E-state index in [4.69, 9.17) is 0 Å². The van der Waals surface area contributed by atoms with E-state index in [9.17, 15) is 5.21 Å². The number of piperazine rings is 1. The van der Waals surface area contributed by atoms with Gasteiger partial charge in [-0.2, -0.15) is 0 Å². The molecule has 1 N–H and O–H groups in total. The highest BCUT2D eigenvalue weighted by Gasteiger charge is 2.16. The van der Waals surface area contributed by atoms with E-state index < -0.39 is 0 Å². The van der Waals surface area contributed by atoms with Crippen molar-refractivity contribution < 1.29 is 5.21 Å². The third kappa shape index (κ3) is 5.15. The molecule has 132 valence electrons. The molecule has 4 heteroatoms. The van der Waals surface area contributed by atoms with Crippen molar-refractivity contribution in [3.05, 3.63) is 71.3 Å². The van der Waals surface area contributed by atoms with Crippen LogP contribution in [0.25, 0.3) is 0 Å². The maximum Gasteiger partial charge on any atom is 0.101 e. The van der Waals surface area contributed by atoms with E-state index in [1.54, 1.807) is 0 Å². The van der Waals surface area contributed by atoms with E-state index in [2.05, 4.69) is 76.6 Å². The molecule has 2 aromatic carbocycles. The van der Waals surface area contributed by atoms with Gasteiger partial charge in [0.25, 0.3) is 0 Å². The van der Waals surface area contributed by atoms with Gasteiger partial charge in [-0.1, -0.05) is 59.8 Å². The van der Waals surface area contributed by atoms with Crippen LogP contribution < -0.4 is 0 Å². The Bertz CT molecular complexity index is 674. The molecule has 0 radical (unpaired) electrons. The molecule has 1 fully saturated rings. The van der Waals surface area contributed by atoms with Crippen molar-refractivity contribution in [2.45, 2.75) is 12.8 Å². The third-order valence-electron chi connectivity index (χ3n) is 4.92. The molecular weight excluding hydrogens is 310 g/mol. The van der Waals surface area contributed by atoms with Gasteiger partial charge in [0.15, 0.2) is 0 Å². The van der Waals surface area contributed by atoms with Crippen LogP contribution in [0.4, 0.5) is 0 Å². The summed E-state index contributed by atoms with van der Waals surface area (Å²) in [6.45, 7) is 4.87. The largest absolute Gasteiger partial charge is 0.411 e. The smallest absolute Gasteiger partial charge is 0.101 e. The SMILES string of the molecule is CN1CCN(C/C(=N\O)c2ccc(CCc3ccccc3)cc2)CC1. The van der Waals surface area contributed by atoms with Gasteiger partial charge in [-0.25, -0.2) is 0 Å². The number of oxime groups is 1. The summed E-state index contributed by atoms with van der Waals surface area (Å²) in [5.74, 6) is 0. The monoisotopic (exact) mass is 337 g/mol. The van der Waals surface area contributed by atoms with Crippen LogP contribution in [0, 0.1) is 0 Å². The van der Waals surface area contributed by atoms with Gasteiger partial charge in [0.2, 0.25) is 0 Å². The number of benzene rings is 2. The van der Waals surface area contributed by atoms with Crippen molar-refractivity contribution in [3.63, 3.8) is 0 Å². The van der Waals surface area contributed by atoms with Crippen LogP contribution in [-0.2, 0) is 12.8 Å². The summed E-state index contributed by atoms with van der Waals surface area (Å²) in [6.07, 6.45) is 2.07. The maximum atomic E-state index is 9.43. The van der Waals surface area contributed by atoms with Crippen molar-refractivity contribution in [1.29, 1.82) is 0 Å². The van der Waals surface area contributed by atoms with Crippen LogP contribution in [0.15, 0.2) is 59.8 Å². The number of likely N-dealkylation sites (N-methyl/N-ethyl adjacent to an activating group) is 1. The number of aryl methyl sites for hydroxylation is 2. The molecule has 3 rings (SSSR count). The Labute approximate surface area is 150 Å². The first-order valence-corrected chi connectivity index (χ1v) is 8.99. The van der Waals surface area contributed by atoms with Crippen LogP contribution in [0.1, 0.15) is 16.7 Å². The summed E-state index contributed by atoms with van der Waals surface area (Å²) in [7, 11) is 2.15. The van der Waals surface area contributed by atoms with E-state index in [0.29, 0.717) is 6.54 Å². The van der Waals surface area contributed by atoms with Crippen molar-refractivity contribution in [3.8, 4) is 0 Å². The summed E-state index contributed by atoms with van der Waals surface area (Å²) in [5, 5.41) is 13.0. The zero-order valence-electron chi connectivity index (χ0n) is 14.9. The average Bonchev–Trinajstić information content (AvgIpc) is 2.67. The molecule has 0 spiro atoms. The zero-order chi connectivity index (χ0) is 17.5. The summed E-state index contributed by atoms with van der Waals surface area (Å²) in [4.78, 5) is 4.67. The molecule has 0 atom stereocenters. The highest BCUT2D eigenvalue weighted by molar-refractivity contribution is 6.01. The molecule has 1 saturated heterocycles. The molecule has 0 amide bonds. The molecule has 4 nitrogen and oxygen atoms in total. The molecular formula is C21H27N3O. The van der Waals surface area contributed by atoms with Crippen molar-refractivity contribution >= 4 is 5.71 Å². The predicted octanol–water partition coefficient (Wildman–Crippen LogP) is 2.90. The fourth-order valence-electron chi connectivity index (χ4n) is 3.20. The van der Waals surface area contributed by atoms with Gasteiger partial charge in [0.1, 0.15) is 5.71 Å². The van der Waals surface area contributed by atoms with E-state index >= 15 is 0 Å². The molecule has 1 aliphatic rings. The molecule has 0 aliphatic carbocycles. The number of hydrogen-bond acceptors (Lipinski definition) is 4. The van der Waals surface area contributed by atoms with E-state index in [0.717, 1.165) is 50.3 Å². The van der Waals surface area contributed by atoms with E-state index in [1.807, 2.05) is 0 Å². The van der Waals surface area contributed by atoms with Gasteiger partial charge in [0, 0.05) is 38.3 Å². The Morgan fingerprint density at radius 2 is 1.48 bits per heavy atom. The second kappa shape index (κ2) is 8.79. The first-order valence-electron chi connectivity index (χ1n) is 8.99. The van der Waals surface area contributed by atoms with Crippen LogP contribution in [0.3, 0.4) is 0 Å². The predicted molar refractivity (Wildman–Crippen MR) is 103 cm³/mol. The van der Waals surface area contributed by atoms with Gasteiger partial charge >= 0.3 is 0 Å². The molecule has 0 unspecified atom stereocenters. The summed E-state index contributed by atoms with van der Waals surface area (Å²) < 4.78 is 0. The van der Waals surface area contributed by atoms with E-state index in [1.165, 1.54) is 11.1 Å². The lowest BCUT2D eigenvalue weighted by atomic mass is 10.0. The lowest BCUT2D eigenvalue weighted by molar-refractivity contribution is 0.169. The molecule has 0 aromatic heterocycles. The fourth-order valence-corrected chi connectivity index (χ4v) is 3.20. The Morgan fingerprint density at radius 3 is 2.08 bits per heavy atom. The van der Waals surface area contributed by atoms with Crippen LogP contribution in [0.2, 0.25) is 0 Å². The van der Waals surface area contributed by atoms with Crippen molar-refractivity contribution in [1.82, 2.24) is 9.80 Å². The topological polar surface area (TPSA) is 39.1 Å². The summed E-state index contributed by atoms with van der Waals surface area (Å²) >= 11 is 0. The Kier molecular flexibility index (Phi) is 6.20. The standard InChI is InChI=1S/C21H27N3O/c1-23-13-15-24(16-14-23)17-21(22-25)20-11-9-19(10-12-20)8-7-18-5-3-2-4-6-18/h2-6,9-12,25H,7-8,13-17H2,1H3/b22-21+. The zero-order valence-corrected chi connectivity index (χ0v) is 14.9. The average molecular weight is 337 g/mol. The van der Waals surface area contributed by atoms with Crippen molar-refractivity contribution in [2.75, 3.05) is 39.8 Å².